The molecule has 0 aliphatic rings. The third kappa shape index (κ3) is 3.94. The highest BCUT2D eigenvalue weighted by Crippen LogP contribution is 2.28. The van der Waals surface area contributed by atoms with Crippen LogP contribution in [-0.2, 0) is 0 Å². The predicted molar refractivity (Wildman–Crippen MR) is 113 cm³/mol. The van der Waals surface area contributed by atoms with E-state index in [9.17, 15) is 0 Å². The highest BCUT2D eigenvalue weighted by molar-refractivity contribution is 5.98. The summed E-state index contributed by atoms with van der Waals surface area (Å²) in [5.74, 6) is 0.355. The summed E-state index contributed by atoms with van der Waals surface area (Å²) in [5.41, 5.74) is 8.26. The molecule has 136 valence electrons. The van der Waals surface area contributed by atoms with Gasteiger partial charge in [0.15, 0.2) is 0 Å². The van der Waals surface area contributed by atoms with E-state index in [1.165, 1.54) is 0 Å². The summed E-state index contributed by atoms with van der Waals surface area (Å²) >= 11 is 0. The van der Waals surface area contributed by atoms with Gasteiger partial charge in [-0.3, -0.25) is 0 Å². The number of nitrogens with zero attached hydrogens (tertiary/aromatic N) is 4. The number of hydrogen-bond acceptors (Lipinski definition) is 5. The average Bonchev–Trinajstić information content (AvgIpc) is 2.79. The van der Waals surface area contributed by atoms with Gasteiger partial charge in [-0.1, -0.05) is 91.0 Å². The Balaban J connectivity index is 1.71. The fourth-order valence-corrected chi connectivity index (χ4v) is 2.84. The molecule has 0 bridgehead atoms. The lowest BCUT2D eigenvalue weighted by Crippen LogP contribution is -2.05. The normalized spacial score (nSPS) is 11.2. The van der Waals surface area contributed by atoms with Crippen molar-refractivity contribution in [2.45, 2.75) is 6.92 Å². The summed E-state index contributed by atoms with van der Waals surface area (Å²) in [6, 6.07) is 29.9. The third-order valence-corrected chi connectivity index (χ3v) is 4.30. The van der Waals surface area contributed by atoms with Gasteiger partial charge in [0.25, 0.3) is 5.95 Å². The smallest absolute Gasteiger partial charge is 0.244 e. The molecule has 4 aromatic rings. The van der Waals surface area contributed by atoms with Crippen molar-refractivity contribution in [3.63, 3.8) is 0 Å². The molecule has 4 rings (SSSR count). The summed E-state index contributed by atoms with van der Waals surface area (Å²) in [7, 11) is 0. The zero-order valence-corrected chi connectivity index (χ0v) is 15.4. The molecule has 5 nitrogen and oxygen atoms in total. The highest BCUT2D eigenvalue weighted by Gasteiger charge is 2.13. The Labute approximate surface area is 163 Å². The van der Waals surface area contributed by atoms with E-state index in [1.54, 1.807) is 0 Å². The first-order chi connectivity index (χ1) is 13.8. The molecule has 0 radical (unpaired) electrons. The zero-order chi connectivity index (χ0) is 19.2. The van der Waals surface area contributed by atoms with Gasteiger partial charge in [0, 0.05) is 11.1 Å². The fraction of sp³-hybridized carbons (Fsp3) is 0.0435. The predicted octanol–water partition coefficient (Wildman–Crippen LogP) is 5.04. The summed E-state index contributed by atoms with van der Waals surface area (Å²) < 4.78 is 0. The van der Waals surface area contributed by atoms with Crippen molar-refractivity contribution >= 4 is 11.7 Å². The van der Waals surface area contributed by atoms with Crippen LogP contribution < -0.4 is 5.43 Å². The largest absolute Gasteiger partial charge is 0.263 e. The van der Waals surface area contributed by atoms with Crippen LogP contribution in [-0.4, -0.2) is 20.9 Å². The van der Waals surface area contributed by atoms with Crippen LogP contribution in [0.3, 0.4) is 0 Å². The molecule has 0 aliphatic heterocycles. The van der Waals surface area contributed by atoms with E-state index in [0.717, 1.165) is 33.8 Å². The van der Waals surface area contributed by atoms with Gasteiger partial charge < -0.3 is 0 Å². The van der Waals surface area contributed by atoms with Crippen LogP contribution in [0.2, 0.25) is 0 Å². The number of benzene rings is 3. The van der Waals surface area contributed by atoms with Crippen LogP contribution in [0.15, 0.2) is 96.1 Å². The first-order valence-corrected chi connectivity index (χ1v) is 9.02. The average molecular weight is 365 g/mol. The molecule has 0 spiro atoms. The molecular formula is C23H19N5. The quantitative estimate of drug-likeness (QED) is 0.397. The number of hydrogen-bond donors (Lipinski definition) is 1. The topological polar surface area (TPSA) is 63.1 Å². The fourth-order valence-electron chi connectivity index (χ4n) is 2.84. The Morgan fingerprint density at radius 3 is 1.82 bits per heavy atom. The lowest BCUT2D eigenvalue weighted by atomic mass is 10.0. The van der Waals surface area contributed by atoms with Crippen molar-refractivity contribution in [3.8, 4) is 22.5 Å². The molecule has 28 heavy (non-hydrogen) atoms. The molecular weight excluding hydrogens is 346 g/mol. The van der Waals surface area contributed by atoms with Crippen LogP contribution in [0.5, 0.6) is 0 Å². The molecule has 0 fully saturated rings. The molecule has 0 aliphatic carbocycles. The van der Waals surface area contributed by atoms with Gasteiger partial charge in [-0.2, -0.15) is 5.10 Å². The van der Waals surface area contributed by atoms with Gasteiger partial charge in [-0.15, -0.1) is 10.2 Å². The van der Waals surface area contributed by atoms with Gasteiger partial charge in [0.2, 0.25) is 0 Å². The van der Waals surface area contributed by atoms with E-state index in [4.69, 9.17) is 4.98 Å². The molecule has 0 saturated carbocycles. The molecule has 5 heteroatoms. The second-order valence-corrected chi connectivity index (χ2v) is 6.24. The molecule has 1 heterocycles. The van der Waals surface area contributed by atoms with Gasteiger partial charge in [-0.05, 0) is 12.5 Å². The standard InChI is InChI=1S/C23H19N5/c1-17(18-11-5-2-6-12-18)25-27-23-24-21(19-13-7-3-8-14-19)22(26-28-23)20-15-9-4-10-16-20/h2-16H,1H3,(H,24,27,28)/b25-17+. The van der Waals surface area contributed by atoms with Crippen molar-refractivity contribution < 1.29 is 0 Å². The van der Waals surface area contributed by atoms with E-state index < -0.39 is 0 Å². The minimum absolute atomic E-state index is 0.355. The Morgan fingerprint density at radius 2 is 1.21 bits per heavy atom. The lowest BCUT2D eigenvalue weighted by molar-refractivity contribution is 0.972. The molecule has 0 saturated heterocycles. The van der Waals surface area contributed by atoms with Crippen molar-refractivity contribution in [1.29, 1.82) is 0 Å². The van der Waals surface area contributed by atoms with Crippen LogP contribution in [0.1, 0.15) is 12.5 Å². The Kier molecular flexibility index (Phi) is 5.15. The van der Waals surface area contributed by atoms with Gasteiger partial charge in [-0.25, -0.2) is 10.4 Å². The molecule has 1 N–H and O–H groups in total. The number of nitrogens with one attached hydrogen (secondary N) is 1. The number of aromatic nitrogens is 3. The number of hydrazone groups is 1. The summed E-state index contributed by atoms with van der Waals surface area (Å²) in [5, 5.41) is 13.1. The first kappa shape index (κ1) is 17.5. The lowest BCUT2D eigenvalue weighted by Gasteiger charge is -2.09. The number of anilines is 1. The van der Waals surface area contributed by atoms with Gasteiger partial charge in [0.05, 0.1) is 5.71 Å². The maximum atomic E-state index is 4.69. The van der Waals surface area contributed by atoms with Crippen molar-refractivity contribution in [3.05, 3.63) is 96.6 Å². The molecule has 1 aromatic heterocycles. The number of rotatable bonds is 5. The van der Waals surface area contributed by atoms with E-state index in [0.29, 0.717) is 5.95 Å². The SMILES string of the molecule is C/C(=N\Nc1nnc(-c2ccccc2)c(-c2ccccc2)n1)c1ccccc1. The summed E-state index contributed by atoms with van der Waals surface area (Å²) in [6.45, 7) is 1.94. The second kappa shape index (κ2) is 8.22. The minimum Gasteiger partial charge on any atom is -0.244 e. The van der Waals surface area contributed by atoms with Crippen LogP contribution in [0.25, 0.3) is 22.5 Å². The Hall–Kier alpha value is -3.86. The summed E-state index contributed by atoms with van der Waals surface area (Å²) in [6.07, 6.45) is 0. The maximum Gasteiger partial charge on any atom is 0.263 e. The third-order valence-electron chi connectivity index (χ3n) is 4.30. The molecule has 3 aromatic carbocycles. The summed E-state index contributed by atoms with van der Waals surface area (Å²) in [4.78, 5) is 4.69. The monoisotopic (exact) mass is 365 g/mol. The van der Waals surface area contributed by atoms with Crippen molar-refractivity contribution in [1.82, 2.24) is 15.2 Å². The minimum atomic E-state index is 0.355. The first-order valence-electron chi connectivity index (χ1n) is 9.02. The Bertz CT molecular complexity index is 1080. The van der Waals surface area contributed by atoms with E-state index in [2.05, 4.69) is 20.7 Å². The second-order valence-electron chi connectivity index (χ2n) is 6.24. The van der Waals surface area contributed by atoms with E-state index in [1.807, 2.05) is 97.9 Å². The highest BCUT2D eigenvalue weighted by atomic mass is 15.4. The van der Waals surface area contributed by atoms with Gasteiger partial charge >= 0.3 is 0 Å². The molecule has 0 amide bonds. The zero-order valence-electron chi connectivity index (χ0n) is 15.4. The Morgan fingerprint density at radius 1 is 0.679 bits per heavy atom. The maximum absolute atomic E-state index is 4.69. The molecule has 0 atom stereocenters. The van der Waals surface area contributed by atoms with E-state index >= 15 is 0 Å². The van der Waals surface area contributed by atoms with Crippen molar-refractivity contribution in [2.75, 3.05) is 5.43 Å². The van der Waals surface area contributed by atoms with Crippen LogP contribution in [0.4, 0.5) is 5.95 Å². The van der Waals surface area contributed by atoms with Gasteiger partial charge in [0.1, 0.15) is 11.4 Å². The van der Waals surface area contributed by atoms with Crippen LogP contribution >= 0.6 is 0 Å². The van der Waals surface area contributed by atoms with Crippen LogP contribution in [0, 0.1) is 0 Å². The van der Waals surface area contributed by atoms with E-state index in [-0.39, 0.29) is 0 Å². The van der Waals surface area contributed by atoms with Crippen molar-refractivity contribution in [2.24, 2.45) is 5.10 Å². The molecule has 0 unspecified atom stereocenters.